The number of fused-ring (bicyclic) bond motifs is 4. The first-order valence-electron chi connectivity index (χ1n) is 12.6. The molecule has 5 aliphatic heterocycles. The molecule has 0 aromatic heterocycles. The highest BCUT2D eigenvalue weighted by Gasteiger charge is 2.23. The molecule has 0 aromatic rings. The second kappa shape index (κ2) is 12.1. The highest BCUT2D eigenvalue weighted by atomic mass is 127. The van der Waals surface area contributed by atoms with Crippen LogP contribution in [0.15, 0.2) is 108 Å². The molecule has 7 heteroatoms. The fourth-order valence-corrected chi connectivity index (χ4v) is 6.36. The average molecular weight is 812 g/mol. The summed E-state index contributed by atoms with van der Waals surface area (Å²) in [5.41, 5.74) is 9.01. The number of nitrogens with zero attached hydrogens (tertiary/aromatic N) is 4. The number of aliphatic imine (C=N–C) groups is 4. The summed E-state index contributed by atoms with van der Waals surface area (Å²) < 4.78 is 3.17. The summed E-state index contributed by atoms with van der Waals surface area (Å²) in [7, 11) is 0. The van der Waals surface area contributed by atoms with Crippen molar-refractivity contribution in [2.45, 2.75) is 58.3 Å². The molecule has 5 aliphatic rings. The molecule has 0 saturated heterocycles. The van der Waals surface area contributed by atoms with Gasteiger partial charge in [-0.2, -0.15) is 0 Å². The van der Waals surface area contributed by atoms with E-state index in [-0.39, 0.29) is 0 Å². The van der Waals surface area contributed by atoms with E-state index in [1.165, 1.54) is 44.1 Å². The van der Waals surface area contributed by atoms with Gasteiger partial charge in [-0.15, -0.1) is 0 Å². The minimum atomic E-state index is 0.943. The van der Waals surface area contributed by atoms with Crippen LogP contribution in [0.25, 0.3) is 0 Å². The van der Waals surface area contributed by atoms with Crippen LogP contribution in [0, 0.1) is 0 Å². The molecule has 0 N–H and O–H groups in total. The third-order valence-corrected chi connectivity index (χ3v) is 9.87. The van der Waals surface area contributed by atoms with E-state index in [0.29, 0.717) is 0 Å². The molecule has 0 spiro atoms. The lowest BCUT2D eigenvalue weighted by Gasteiger charge is -2.09. The molecule has 4 nitrogen and oxygen atoms in total. The molecule has 5 rings (SSSR count). The molecule has 0 saturated carbocycles. The molecule has 0 unspecified atom stereocenters. The molecule has 5 heterocycles. The summed E-state index contributed by atoms with van der Waals surface area (Å²) in [6.07, 6.45) is 26.8. The Balaban J connectivity index is 1.52. The quantitative estimate of drug-likeness (QED) is 0.174. The first-order chi connectivity index (χ1) is 17.5. The van der Waals surface area contributed by atoms with Crippen molar-refractivity contribution in [2.24, 2.45) is 20.0 Å². The maximum absolute atomic E-state index is 5.07. The van der Waals surface area contributed by atoms with Crippen LogP contribution < -0.4 is 0 Å². The molecule has 184 valence electrons. The van der Waals surface area contributed by atoms with Crippen LogP contribution in [0.3, 0.4) is 0 Å². The second-order valence-corrected chi connectivity index (χ2v) is 12.4. The molecular formula is C29H27I3N4. The maximum Gasteiger partial charge on any atom is 0.0793 e. The van der Waals surface area contributed by atoms with Gasteiger partial charge >= 0.3 is 0 Å². The Morgan fingerprint density at radius 1 is 0.472 bits per heavy atom. The zero-order valence-electron chi connectivity index (χ0n) is 20.2. The van der Waals surface area contributed by atoms with Crippen molar-refractivity contribution in [3.8, 4) is 0 Å². The van der Waals surface area contributed by atoms with Gasteiger partial charge in [-0.05, 0) is 129 Å². The van der Waals surface area contributed by atoms with E-state index in [1.807, 2.05) is 0 Å². The Morgan fingerprint density at radius 2 is 0.861 bits per heavy atom. The van der Waals surface area contributed by atoms with Crippen molar-refractivity contribution in [1.29, 1.82) is 0 Å². The van der Waals surface area contributed by atoms with Crippen molar-refractivity contribution >= 4 is 90.6 Å². The normalized spacial score (nSPS) is 20.3. The Kier molecular flexibility index (Phi) is 8.87. The van der Waals surface area contributed by atoms with Crippen LogP contribution in [0.2, 0.25) is 0 Å². The Morgan fingerprint density at radius 3 is 1.39 bits per heavy atom. The molecule has 36 heavy (non-hydrogen) atoms. The van der Waals surface area contributed by atoms with E-state index in [4.69, 9.17) is 20.0 Å². The van der Waals surface area contributed by atoms with E-state index in [0.717, 1.165) is 69.2 Å². The summed E-state index contributed by atoms with van der Waals surface area (Å²) in [5.74, 6) is 0. The standard InChI is InChI=1S/C29H27I3N4/c1-2-3-4-5-6-7-8-9-18-19-10-12-21(33-19)27(30)23-14-16-25(35-23)29(32)26-17-15-24(36-26)28(31)22-13-11-20(18)34-22/h10-17H,2-9H2,1H3. The van der Waals surface area contributed by atoms with E-state index in [2.05, 4.69) is 123 Å². The van der Waals surface area contributed by atoms with Crippen molar-refractivity contribution < 1.29 is 0 Å². The van der Waals surface area contributed by atoms with Crippen LogP contribution in [0.5, 0.6) is 0 Å². The molecule has 8 bridgehead atoms. The fraction of sp³-hybridized carbons (Fsp3) is 0.310. The minimum absolute atomic E-state index is 0.943. The van der Waals surface area contributed by atoms with Gasteiger partial charge in [0.05, 0.1) is 56.4 Å². The highest BCUT2D eigenvalue weighted by molar-refractivity contribution is 14.1. The van der Waals surface area contributed by atoms with Crippen molar-refractivity contribution in [2.75, 3.05) is 0 Å². The third-order valence-electron chi connectivity index (χ3n) is 6.56. The molecule has 0 amide bonds. The molecule has 0 fully saturated rings. The summed E-state index contributed by atoms with van der Waals surface area (Å²) in [6, 6.07) is 0. The number of rotatable bonds is 8. The van der Waals surface area contributed by atoms with Gasteiger partial charge in [-0.25, -0.2) is 20.0 Å². The van der Waals surface area contributed by atoms with E-state index < -0.39 is 0 Å². The fourth-order valence-electron chi connectivity index (χ4n) is 4.56. The second-order valence-electron chi connectivity index (χ2n) is 9.15. The predicted molar refractivity (Wildman–Crippen MR) is 179 cm³/mol. The van der Waals surface area contributed by atoms with Gasteiger partial charge in [-0.1, -0.05) is 45.4 Å². The molecule has 0 aliphatic carbocycles. The highest BCUT2D eigenvalue weighted by Crippen LogP contribution is 2.34. The minimum Gasteiger partial charge on any atom is -0.247 e. The van der Waals surface area contributed by atoms with Gasteiger partial charge < -0.3 is 0 Å². The van der Waals surface area contributed by atoms with Gasteiger partial charge in [0.2, 0.25) is 0 Å². The molecule has 0 aromatic carbocycles. The zero-order chi connectivity index (χ0) is 25.1. The Hall–Kier alpha value is -1.21. The monoisotopic (exact) mass is 812 g/mol. The molecule has 0 atom stereocenters. The van der Waals surface area contributed by atoms with Crippen LogP contribution in [-0.4, -0.2) is 22.8 Å². The van der Waals surface area contributed by atoms with E-state index in [1.54, 1.807) is 0 Å². The zero-order valence-corrected chi connectivity index (χ0v) is 26.7. The predicted octanol–water partition coefficient (Wildman–Crippen LogP) is 9.38. The van der Waals surface area contributed by atoms with Gasteiger partial charge in [0.15, 0.2) is 0 Å². The molecule has 0 radical (unpaired) electrons. The van der Waals surface area contributed by atoms with Crippen molar-refractivity contribution in [3.63, 3.8) is 0 Å². The summed E-state index contributed by atoms with van der Waals surface area (Å²) in [4.78, 5) is 20.0. The van der Waals surface area contributed by atoms with Crippen LogP contribution in [0.1, 0.15) is 58.3 Å². The van der Waals surface area contributed by atoms with Crippen molar-refractivity contribution in [3.05, 3.63) is 87.7 Å². The third kappa shape index (κ3) is 5.77. The topological polar surface area (TPSA) is 49.4 Å². The first kappa shape index (κ1) is 26.4. The Bertz CT molecular complexity index is 1350. The summed E-state index contributed by atoms with van der Waals surface area (Å²) in [6.45, 7) is 2.27. The van der Waals surface area contributed by atoms with Crippen LogP contribution >= 0.6 is 67.8 Å². The lowest BCUT2D eigenvalue weighted by atomic mass is 9.99. The van der Waals surface area contributed by atoms with E-state index >= 15 is 0 Å². The summed E-state index contributed by atoms with van der Waals surface area (Å²) >= 11 is 7.10. The number of allylic oxidation sites excluding steroid dienone is 12. The lowest BCUT2D eigenvalue weighted by molar-refractivity contribution is 0.590. The smallest absolute Gasteiger partial charge is 0.0793 e. The number of hydrogen-bond acceptors (Lipinski definition) is 4. The van der Waals surface area contributed by atoms with Gasteiger partial charge in [0.1, 0.15) is 0 Å². The van der Waals surface area contributed by atoms with Gasteiger partial charge in [0.25, 0.3) is 0 Å². The lowest BCUT2D eigenvalue weighted by Crippen LogP contribution is -2.02. The number of hydrogen-bond donors (Lipinski definition) is 0. The average Bonchev–Trinajstić information content (AvgIpc) is 3.69. The number of halogens is 3. The summed E-state index contributed by atoms with van der Waals surface area (Å²) in [5, 5.41) is 0. The number of unbranched alkanes of at least 4 members (excludes halogenated alkanes) is 6. The van der Waals surface area contributed by atoms with E-state index in [9.17, 15) is 0 Å². The van der Waals surface area contributed by atoms with Gasteiger partial charge in [0, 0.05) is 5.57 Å². The largest absolute Gasteiger partial charge is 0.247 e. The van der Waals surface area contributed by atoms with Crippen LogP contribution in [0.4, 0.5) is 0 Å². The SMILES string of the molecule is CCCCCCCCCC1=C2C=CC(=N2)C(I)=C2C=CC(=N2)C(I)=C2C=CC(=N2)C(I)=C2C=CC1=N2. The molecular weight excluding hydrogens is 785 g/mol. The van der Waals surface area contributed by atoms with Crippen LogP contribution in [-0.2, 0) is 0 Å². The maximum atomic E-state index is 5.07. The van der Waals surface area contributed by atoms with Crippen molar-refractivity contribution in [1.82, 2.24) is 0 Å². The van der Waals surface area contributed by atoms with Gasteiger partial charge in [-0.3, -0.25) is 0 Å². The first-order valence-corrected chi connectivity index (χ1v) is 15.8. The Labute approximate surface area is 254 Å².